The molecule has 1 aliphatic carbocycles. The molecule has 0 bridgehead atoms. The summed E-state index contributed by atoms with van der Waals surface area (Å²) in [5, 5.41) is 12.2. The average Bonchev–Trinajstić information content (AvgIpc) is 2.35. The van der Waals surface area contributed by atoms with E-state index in [0.717, 1.165) is 30.8 Å². The summed E-state index contributed by atoms with van der Waals surface area (Å²) in [5.74, 6) is 0.446. The number of rotatable bonds is 5. The number of carboxylic acids is 1. The van der Waals surface area contributed by atoms with E-state index in [-0.39, 0.29) is 17.9 Å². The van der Waals surface area contributed by atoms with Crippen molar-refractivity contribution in [1.82, 2.24) is 5.32 Å². The van der Waals surface area contributed by atoms with Crippen LogP contribution in [0.1, 0.15) is 38.5 Å². The molecule has 1 saturated carbocycles. The van der Waals surface area contributed by atoms with Crippen molar-refractivity contribution in [1.29, 1.82) is 0 Å². The molecule has 0 aromatic rings. The van der Waals surface area contributed by atoms with E-state index in [4.69, 9.17) is 4.74 Å². The van der Waals surface area contributed by atoms with E-state index in [1.54, 1.807) is 18.9 Å². The summed E-state index contributed by atoms with van der Waals surface area (Å²) in [5.41, 5.74) is -1.42. The minimum Gasteiger partial charge on any atom is -0.480 e. The van der Waals surface area contributed by atoms with Crippen LogP contribution in [0.4, 0.5) is 0 Å². The molecule has 0 atom stereocenters. The molecular weight excluding hydrogens is 266 g/mol. The number of methoxy groups -OCH3 is 1. The van der Waals surface area contributed by atoms with Crippen molar-refractivity contribution in [2.24, 2.45) is 0 Å². The van der Waals surface area contributed by atoms with Gasteiger partial charge < -0.3 is 15.2 Å². The highest BCUT2D eigenvalue weighted by molar-refractivity contribution is 7.99. The second kappa shape index (κ2) is 5.71. The quantitative estimate of drug-likeness (QED) is 0.799. The molecule has 6 heteroatoms. The average molecular weight is 287 g/mol. The number of hydrogen-bond donors (Lipinski definition) is 2. The van der Waals surface area contributed by atoms with Crippen LogP contribution in [-0.4, -0.2) is 46.7 Å². The molecule has 108 valence electrons. The van der Waals surface area contributed by atoms with Gasteiger partial charge in [-0.25, -0.2) is 4.79 Å². The highest BCUT2D eigenvalue weighted by Crippen LogP contribution is 2.38. The zero-order chi connectivity index (χ0) is 13.9. The smallest absolute Gasteiger partial charge is 0.329 e. The van der Waals surface area contributed by atoms with E-state index in [1.165, 1.54) is 0 Å². The Morgan fingerprint density at radius 1 is 1.26 bits per heavy atom. The standard InChI is InChI=1S/C13H21NO4S/c1-18-12(3-2-4-12)9-10(15)14-13(11(16)17)5-7-19-8-6-13/h2-9H2,1H3,(H,14,15)(H,16,17). The first kappa shape index (κ1) is 14.7. The number of ether oxygens (including phenoxy) is 1. The summed E-state index contributed by atoms with van der Waals surface area (Å²) in [7, 11) is 1.62. The summed E-state index contributed by atoms with van der Waals surface area (Å²) in [6.07, 6.45) is 4.10. The molecular formula is C13H21NO4S. The fraction of sp³-hybridized carbons (Fsp3) is 0.846. The Morgan fingerprint density at radius 2 is 1.89 bits per heavy atom. The third-order valence-electron chi connectivity index (χ3n) is 4.31. The zero-order valence-corrected chi connectivity index (χ0v) is 12.1. The molecule has 2 N–H and O–H groups in total. The lowest BCUT2D eigenvalue weighted by Crippen LogP contribution is -2.58. The summed E-state index contributed by atoms with van der Waals surface area (Å²) in [6, 6.07) is 0. The van der Waals surface area contributed by atoms with Crippen LogP contribution in [0.15, 0.2) is 0 Å². The third-order valence-corrected chi connectivity index (χ3v) is 5.30. The van der Waals surface area contributed by atoms with E-state index in [2.05, 4.69) is 5.32 Å². The van der Waals surface area contributed by atoms with Crippen molar-refractivity contribution in [2.45, 2.75) is 49.7 Å². The molecule has 1 aliphatic heterocycles. The Bertz CT molecular complexity index is 356. The maximum absolute atomic E-state index is 12.1. The molecule has 0 spiro atoms. The number of amides is 1. The third kappa shape index (κ3) is 3.05. The molecule has 0 unspecified atom stereocenters. The van der Waals surface area contributed by atoms with Crippen LogP contribution in [0.5, 0.6) is 0 Å². The van der Waals surface area contributed by atoms with Crippen molar-refractivity contribution in [3.05, 3.63) is 0 Å². The SMILES string of the molecule is COC1(CC(=O)NC2(C(=O)O)CCSCC2)CCC1. The van der Waals surface area contributed by atoms with Crippen molar-refractivity contribution in [3.63, 3.8) is 0 Å². The number of hydrogen-bond acceptors (Lipinski definition) is 4. The second-order valence-corrected chi connectivity index (χ2v) is 6.69. The van der Waals surface area contributed by atoms with Gasteiger partial charge in [0.2, 0.25) is 5.91 Å². The van der Waals surface area contributed by atoms with Gasteiger partial charge in [-0.15, -0.1) is 0 Å². The lowest BCUT2D eigenvalue weighted by atomic mass is 9.77. The van der Waals surface area contributed by atoms with Gasteiger partial charge in [0, 0.05) is 7.11 Å². The van der Waals surface area contributed by atoms with E-state index in [1.807, 2.05) is 0 Å². The molecule has 1 heterocycles. The highest BCUT2D eigenvalue weighted by atomic mass is 32.2. The number of carboxylic acid groups (broad SMARTS) is 1. The lowest BCUT2D eigenvalue weighted by Gasteiger charge is -2.41. The van der Waals surface area contributed by atoms with Crippen LogP contribution in [0, 0.1) is 0 Å². The van der Waals surface area contributed by atoms with Gasteiger partial charge in [0.1, 0.15) is 5.54 Å². The Kier molecular flexibility index (Phi) is 4.40. The molecule has 2 rings (SSSR count). The molecule has 2 fully saturated rings. The Morgan fingerprint density at radius 3 is 2.32 bits per heavy atom. The first-order chi connectivity index (χ1) is 9.02. The summed E-state index contributed by atoms with van der Waals surface area (Å²) in [6.45, 7) is 0. The molecule has 1 saturated heterocycles. The Hall–Kier alpha value is -0.750. The highest BCUT2D eigenvalue weighted by Gasteiger charge is 2.44. The van der Waals surface area contributed by atoms with Crippen molar-refractivity contribution >= 4 is 23.6 Å². The van der Waals surface area contributed by atoms with Gasteiger partial charge in [-0.1, -0.05) is 0 Å². The first-order valence-electron chi connectivity index (χ1n) is 6.69. The van der Waals surface area contributed by atoms with Gasteiger partial charge in [-0.2, -0.15) is 11.8 Å². The van der Waals surface area contributed by atoms with Gasteiger partial charge >= 0.3 is 5.97 Å². The first-order valence-corrected chi connectivity index (χ1v) is 7.85. The number of thioether (sulfide) groups is 1. The summed E-state index contributed by atoms with van der Waals surface area (Å²) >= 11 is 1.74. The summed E-state index contributed by atoms with van der Waals surface area (Å²) in [4.78, 5) is 23.6. The fourth-order valence-electron chi connectivity index (χ4n) is 2.74. The van der Waals surface area contributed by atoms with Crippen molar-refractivity contribution < 1.29 is 19.4 Å². The minimum atomic E-state index is -1.07. The van der Waals surface area contributed by atoms with E-state index >= 15 is 0 Å². The fourth-order valence-corrected chi connectivity index (χ4v) is 3.93. The maximum atomic E-state index is 12.1. The van der Waals surface area contributed by atoms with E-state index in [0.29, 0.717) is 12.8 Å². The van der Waals surface area contributed by atoms with Gasteiger partial charge in [-0.3, -0.25) is 4.79 Å². The lowest BCUT2D eigenvalue weighted by molar-refractivity contribution is -0.150. The maximum Gasteiger partial charge on any atom is 0.329 e. The predicted octanol–water partition coefficient (Wildman–Crippen LogP) is 1.41. The van der Waals surface area contributed by atoms with Crippen molar-refractivity contribution in [3.8, 4) is 0 Å². The molecule has 1 amide bonds. The molecule has 2 aliphatic rings. The minimum absolute atomic E-state index is 0.198. The Balaban J connectivity index is 1.97. The van der Waals surface area contributed by atoms with Crippen LogP contribution < -0.4 is 5.32 Å². The monoisotopic (exact) mass is 287 g/mol. The van der Waals surface area contributed by atoms with Crippen LogP contribution >= 0.6 is 11.8 Å². The normalized spacial score (nSPS) is 24.3. The van der Waals surface area contributed by atoms with Gasteiger partial charge in [-0.05, 0) is 43.6 Å². The number of carbonyl (C=O) groups is 2. The molecule has 0 radical (unpaired) electrons. The zero-order valence-electron chi connectivity index (χ0n) is 11.2. The number of carbonyl (C=O) groups excluding carboxylic acids is 1. The van der Waals surface area contributed by atoms with Crippen LogP contribution in [-0.2, 0) is 14.3 Å². The second-order valence-electron chi connectivity index (χ2n) is 5.47. The van der Waals surface area contributed by atoms with Crippen LogP contribution in [0.2, 0.25) is 0 Å². The molecule has 19 heavy (non-hydrogen) atoms. The molecule has 5 nitrogen and oxygen atoms in total. The van der Waals surface area contributed by atoms with Gasteiger partial charge in [0.25, 0.3) is 0 Å². The van der Waals surface area contributed by atoms with Crippen LogP contribution in [0.25, 0.3) is 0 Å². The van der Waals surface area contributed by atoms with Crippen molar-refractivity contribution in [2.75, 3.05) is 18.6 Å². The summed E-state index contributed by atoms with van der Waals surface area (Å²) < 4.78 is 5.41. The molecule has 0 aromatic heterocycles. The Labute approximate surface area is 117 Å². The number of nitrogens with one attached hydrogen (secondary N) is 1. The van der Waals surface area contributed by atoms with Crippen LogP contribution in [0.3, 0.4) is 0 Å². The largest absolute Gasteiger partial charge is 0.480 e. The van der Waals surface area contributed by atoms with E-state index < -0.39 is 11.5 Å². The number of aliphatic carboxylic acids is 1. The van der Waals surface area contributed by atoms with Gasteiger partial charge in [0.15, 0.2) is 0 Å². The molecule has 0 aromatic carbocycles. The predicted molar refractivity (Wildman–Crippen MR) is 73.3 cm³/mol. The van der Waals surface area contributed by atoms with E-state index in [9.17, 15) is 14.7 Å². The van der Waals surface area contributed by atoms with Gasteiger partial charge in [0.05, 0.1) is 12.0 Å². The topological polar surface area (TPSA) is 75.6 Å².